The smallest absolute Gasteiger partial charge is 0.0574 e. The lowest BCUT2D eigenvalue weighted by atomic mass is 9.65. The molecule has 1 nitrogen and oxygen atoms in total. The van der Waals surface area contributed by atoms with Gasteiger partial charge in [-0.1, -0.05) is 39.0 Å². The molecule has 23 heavy (non-hydrogen) atoms. The van der Waals surface area contributed by atoms with Crippen molar-refractivity contribution < 1.29 is 4.74 Å². The number of methoxy groups -OCH3 is 1. The minimum absolute atomic E-state index is 0.570. The van der Waals surface area contributed by atoms with Crippen molar-refractivity contribution in [2.24, 2.45) is 29.6 Å². The second-order valence-corrected chi connectivity index (χ2v) is 9.03. The van der Waals surface area contributed by atoms with E-state index >= 15 is 0 Å². The molecule has 0 amide bonds. The summed E-state index contributed by atoms with van der Waals surface area (Å²) < 4.78 is 5.66. The van der Waals surface area contributed by atoms with E-state index in [1.165, 1.54) is 64.2 Å². The zero-order valence-corrected chi connectivity index (χ0v) is 15.8. The molecule has 3 fully saturated rings. The van der Waals surface area contributed by atoms with Gasteiger partial charge in [-0.3, -0.25) is 0 Å². The van der Waals surface area contributed by atoms with Crippen LogP contribution in [-0.2, 0) is 4.74 Å². The van der Waals surface area contributed by atoms with Crippen LogP contribution in [0.2, 0.25) is 0 Å². The average Bonchev–Trinajstić information content (AvgIpc) is 2.63. The van der Waals surface area contributed by atoms with Gasteiger partial charge < -0.3 is 4.74 Å². The molecule has 0 aromatic carbocycles. The Morgan fingerprint density at radius 2 is 1.26 bits per heavy atom. The quantitative estimate of drug-likeness (QED) is 0.554. The molecule has 0 spiro atoms. The van der Waals surface area contributed by atoms with Gasteiger partial charge in [0.05, 0.1) is 6.10 Å². The van der Waals surface area contributed by atoms with Crippen LogP contribution in [0.5, 0.6) is 0 Å². The summed E-state index contributed by atoms with van der Waals surface area (Å²) in [6.07, 6.45) is 21.3. The van der Waals surface area contributed by atoms with Crippen LogP contribution in [0.15, 0.2) is 0 Å². The summed E-state index contributed by atoms with van der Waals surface area (Å²) in [7, 11) is 1.92. The fourth-order valence-corrected chi connectivity index (χ4v) is 6.27. The number of ether oxygens (including phenoxy) is 1. The first-order valence-electron chi connectivity index (χ1n) is 10.8. The minimum atomic E-state index is 0.570. The van der Waals surface area contributed by atoms with Gasteiger partial charge in [0.15, 0.2) is 0 Å². The summed E-state index contributed by atoms with van der Waals surface area (Å²) >= 11 is 0. The maximum Gasteiger partial charge on any atom is 0.0574 e. The van der Waals surface area contributed by atoms with E-state index in [-0.39, 0.29) is 0 Å². The van der Waals surface area contributed by atoms with Gasteiger partial charge in [-0.15, -0.1) is 0 Å². The molecule has 3 rings (SSSR count). The maximum atomic E-state index is 5.66. The molecular formula is C22H40O. The van der Waals surface area contributed by atoms with Crippen molar-refractivity contribution >= 4 is 0 Å². The molecule has 3 saturated carbocycles. The molecule has 1 heteroatoms. The zero-order valence-electron chi connectivity index (χ0n) is 15.8. The summed E-state index contributed by atoms with van der Waals surface area (Å²) in [6, 6.07) is 0. The monoisotopic (exact) mass is 320 g/mol. The lowest BCUT2D eigenvalue weighted by Crippen LogP contribution is -2.31. The Bertz CT molecular complexity index is 323. The molecule has 0 unspecified atom stereocenters. The molecular weight excluding hydrogens is 280 g/mol. The van der Waals surface area contributed by atoms with Crippen LogP contribution < -0.4 is 0 Å². The van der Waals surface area contributed by atoms with Gasteiger partial charge >= 0.3 is 0 Å². The average molecular weight is 321 g/mol. The van der Waals surface area contributed by atoms with E-state index in [4.69, 9.17) is 4.74 Å². The first-order chi connectivity index (χ1) is 11.3. The fraction of sp³-hybridized carbons (Fsp3) is 1.00. The SMILES string of the molecule is CCC[C@H]1CC[C@H](C2CCC([C@H]3CCC[C@@H](OC)C3)CC2)CC1. The van der Waals surface area contributed by atoms with Crippen molar-refractivity contribution in [3.63, 3.8) is 0 Å². The Balaban J connectivity index is 1.40. The third-order valence-corrected chi connectivity index (χ3v) is 7.74. The predicted molar refractivity (Wildman–Crippen MR) is 98.6 cm³/mol. The molecule has 0 saturated heterocycles. The van der Waals surface area contributed by atoms with E-state index in [1.807, 2.05) is 7.11 Å². The van der Waals surface area contributed by atoms with E-state index in [0.717, 1.165) is 29.6 Å². The van der Waals surface area contributed by atoms with Gasteiger partial charge in [-0.25, -0.2) is 0 Å². The molecule has 134 valence electrons. The van der Waals surface area contributed by atoms with Crippen molar-refractivity contribution in [1.29, 1.82) is 0 Å². The van der Waals surface area contributed by atoms with E-state index in [9.17, 15) is 0 Å². The molecule has 0 radical (unpaired) electrons. The predicted octanol–water partition coefficient (Wildman–Crippen LogP) is 6.60. The van der Waals surface area contributed by atoms with Crippen molar-refractivity contribution in [2.45, 2.75) is 103 Å². The second kappa shape index (κ2) is 8.88. The highest BCUT2D eigenvalue weighted by molar-refractivity contribution is 4.86. The Morgan fingerprint density at radius 3 is 1.83 bits per heavy atom. The van der Waals surface area contributed by atoms with Crippen LogP contribution >= 0.6 is 0 Å². The third kappa shape index (κ3) is 4.74. The van der Waals surface area contributed by atoms with Crippen molar-refractivity contribution in [3.8, 4) is 0 Å². The Morgan fingerprint density at radius 1 is 0.696 bits per heavy atom. The molecule has 0 aromatic rings. The standard InChI is InChI=1S/C22H40O/c1-3-5-17-8-10-18(11-9-17)19-12-14-20(15-13-19)21-6-4-7-22(16-21)23-2/h17-22H,3-16H2,1-2H3/t17-,18-,19?,20?,21-,22+/m0/s1. The maximum absolute atomic E-state index is 5.66. The summed E-state index contributed by atoms with van der Waals surface area (Å²) in [5.74, 6) is 5.24. The molecule has 0 bridgehead atoms. The van der Waals surface area contributed by atoms with Crippen LogP contribution in [0, 0.1) is 29.6 Å². The highest BCUT2D eigenvalue weighted by atomic mass is 16.5. The lowest BCUT2D eigenvalue weighted by molar-refractivity contribution is 0.0246. The number of rotatable bonds is 5. The fourth-order valence-electron chi connectivity index (χ4n) is 6.27. The zero-order chi connectivity index (χ0) is 16.1. The molecule has 3 aliphatic carbocycles. The van der Waals surface area contributed by atoms with Crippen molar-refractivity contribution in [2.75, 3.05) is 7.11 Å². The largest absolute Gasteiger partial charge is 0.381 e. The first kappa shape index (κ1) is 17.8. The molecule has 0 N–H and O–H groups in total. The Kier molecular flexibility index (Phi) is 6.86. The van der Waals surface area contributed by atoms with Gasteiger partial charge in [0.2, 0.25) is 0 Å². The van der Waals surface area contributed by atoms with E-state index < -0.39 is 0 Å². The first-order valence-corrected chi connectivity index (χ1v) is 10.8. The number of hydrogen-bond acceptors (Lipinski definition) is 1. The lowest BCUT2D eigenvalue weighted by Gasteiger charge is -2.41. The molecule has 0 heterocycles. The van der Waals surface area contributed by atoms with Gasteiger partial charge in [0, 0.05) is 7.11 Å². The van der Waals surface area contributed by atoms with Crippen LogP contribution in [-0.4, -0.2) is 13.2 Å². The van der Waals surface area contributed by atoms with E-state index in [1.54, 1.807) is 25.7 Å². The third-order valence-electron chi connectivity index (χ3n) is 7.74. The topological polar surface area (TPSA) is 9.23 Å². The van der Waals surface area contributed by atoms with E-state index in [2.05, 4.69) is 6.92 Å². The van der Waals surface area contributed by atoms with Gasteiger partial charge in [-0.05, 0) is 87.4 Å². The summed E-state index contributed by atoms with van der Waals surface area (Å²) in [6.45, 7) is 2.35. The molecule has 0 aliphatic heterocycles. The molecule has 2 atom stereocenters. The second-order valence-electron chi connectivity index (χ2n) is 9.03. The minimum Gasteiger partial charge on any atom is -0.381 e. The normalized spacial score (nSPS) is 42.5. The molecule has 0 aromatic heterocycles. The van der Waals surface area contributed by atoms with Gasteiger partial charge in [-0.2, -0.15) is 0 Å². The summed E-state index contributed by atoms with van der Waals surface area (Å²) in [5, 5.41) is 0. The molecule has 3 aliphatic rings. The Labute approximate surface area is 144 Å². The highest BCUT2D eigenvalue weighted by Gasteiger charge is 2.34. The highest BCUT2D eigenvalue weighted by Crippen LogP contribution is 2.45. The van der Waals surface area contributed by atoms with Gasteiger partial charge in [0.1, 0.15) is 0 Å². The van der Waals surface area contributed by atoms with Crippen LogP contribution in [0.3, 0.4) is 0 Å². The van der Waals surface area contributed by atoms with Crippen LogP contribution in [0.1, 0.15) is 96.8 Å². The summed E-state index contributed by atoms with van der Waals surface area (Å²) in [4.78, 5) is 0. The van der Waals surface area contributed by atoms with E-state index in [0.29, 0.717) is 6.10 Å². The van der Waals surface area contributed by atoms with Crippen LogP contribution in [0.4, 0.5) is 0 Å². The van der Waals surface area contributed by atoms with Crippen LogP contribution in [0.25, 0.3) is 0 Å². The number of hydrogen-bond donors (Lipinski definition) is 0. The summed E-state index contributed by atoms with van der Waals surface area (Å²) in [5.41, 5.74) is 0. The van der Waals surface area contributed by atoms with Crippen molar-refractivity contribution in [3.05, 3.63) is 0 Å². The Hall–Kier alpha value is -0.0400. The van der Waals surface area contributed by atoms with Crippen molar-refractivity contribution in [1.82, 2.24) is 0 Å². The van der Waals surface area contributed by atoms with Gasteiger partial charge in [0.25, 0.3) is 0 Å².